The van der Waals surface area contributed by atoms with Crippen molar-refractivity contribution >= 4 is 21.6 Å². The minimum Gasteiger partial charge on any atom is -0.481 e. The Hall–Kier alpha value is -2.82. The van der Waals surface area contributed by atoms with Gasteiger partial charge in [-0.05, 0) is 43.2 Å². The maximum Gasteiger partial charge on any atom is 0.241 e. The SMILES string of the molecule is CC(=O)Nc1cccc(OCC#CCNS(=O)(=O)c2cc(C)ccc2C)c1. The number of amides is 1. The molecule has 2 aromatic carbocycles. The molecule has 1 amide bonds. The van der Waals surface area contributed by atoms with Crippen LogP contribution in [0.1, 0.15) is 18.1 Å². The second kappa shape index (κ2) is 9.21. The van der Waals surface area contributed by atoms with Crippen molar-refractivity contribution in [3.63, 3.8) is 0 Å². The molecular formula is C20H22N2O4S. The van der Waals surface area contributed by atoms with E-state index in [2.05, 4.69) is 21.9 Å². The molecule has 0 atom stereocenters. The number of sulfonamides is 1. The zero-order chi connectivity index (χ0) is 19.9. The van der Waals surface area contributed by atoms with Crippen LogP contribution in [0.4, 0.5) is 5.69 Å². The van der Waals surface area contributed by atoms with Gasteiger partial charge in [-0.15, -0.1) is 0 Å². The smallest absolute Gasteiger partial charge is 0.241 e. The van der Waals surface area contributed by atoms with Gasteiger partial charge in [0.15, 0.2) is 0 Å². The lowest BCUT2D eigenvalue weighted by Gasteiger charge is -2.08. The molecule has 0 bridgehead atoms. The summed E-state index contributed by atoms with van der Waals surface area (Å²) < 4.78 is 32.6. The van der Waals surface area contributed by atoms with Crippen molar-refractivity contribution in [3.05, 3.63) is 53.6 Å². The van der Waals surface area contributed by atoms with Crippen LogP contribution in [0.25, 0.3) is 0 Å². The number of hydrogen-bond acceptors (Lipinski definition) is 4. The van der Waals surface area contributed by atoms with Crippen molar-refractivity contribution in [1.29, 1.82) is 0 Å². The quantitative estimate of drug-likeness (QED) is 0.748. The summed E-state index contributed by atoms with van der Waals surface area (Å²) in [4.78, 5) is 11.3. The standard InChI is InChI=1S/C20H22N2O4S/c1-15-9-10-16(2)20(13-15)27(24,25)21-11-4-5-12-26-19-8-6-7-18(14-19)22-17(3)23/h6-10,13-14,21H,11-12H2,1-3H3,(H,22,23). The van der Waals surface area contributed by atoms with Gasteiger partial charge >= 0.3 is 0 Å². The zero-order valence-electron chi connectivity index (χ0n) is 15.5. The fourth-order valence-electron chi connectivity index (χ4n) is 2.31. The van der Waals surface area contributed by atoms with Crippen LogP contribution < -0.4 is 14.8 Å². The summed E-state index contributed by atoms with van der Waals surface area (Å²) in [6.07, 6.45) is 0. The molecule has 142 valence electrons. The maximum absolute atomic E-state index is 12.3. The summed E-state index contributed by atoms with van der Waals surface area (Å²) in [5.41, 5.74) is 2.19. The minimum absolute atomic E-state index is 0.00892. The number of hydrogen-bond donors (Lipinski definition) is 2. The van der Waals surface area contributed by atoms with Gasteiger partial charge in [0.2, 0.25) is 15.9 Å². The Labute approximate surface area is 160 Å². The van der Waals surface area contributed by atoms with E-state index in [0.717, 1.165) is 5.56 Å². The van der Waals surface area contributed by atoms with Crippen LogP contribution in [0.3, 0.4) is 0 Å². The first-order valence-electron chi connectivity index (χ1n) is 8.31. The van der Waals surface area contributed by atoms with Crippen LogP contribution in [-0.4, -0.2) is 27.5 Å². The van der Waals surface area contributed by atoms with E-state index in [-0.39, 0.29) is 24.0 Å². The van der Waals surface area contributed by atoms with E-state index in [9.17, 15) is 13.2 Å². The van der Waals surface area contributed by atoms with E-state index < -0.39 is 10.0 Å². The van der Waals surface area contributed by atoms with Crippen molar-refractivity contribution in [3.8, 4) is 17.6 Å². The molecule has 2 N–H and O–H groups in total. The van der Waals surface area contributed by atoms with E-state index in [1.165, 1.54) is 6.92 Å². The lowest BCUT2D eigenvalue weighted by atomic mass is 10.2. The van der Waals surface area contributed by atoms with Gasteiger partial charge in [0.1, 0.15) is 12.4 Å². The third-order valence-corrected chi connectivity index (χ3v) is 5.12. The van der Waals surface area contributed by atoms with Gasteiger partial charge in [-0.25, -0.2) is 8.42 Å². The topological polar surface area (TPSA) is 84.5 Å². The monoisotopic (exact) mass is 386 g/mol. The average Bonchev–Trinajstić information content (AvgIpc) is 2.59. The largest absolute Gasteiger partial charge is 0.481 e. The lowest BCUT2D eigenvalue weighted by molar-refractivity contribution is -0.114. The van der Waals surface area contributed by atoms with Crippen LogP contribution in [0.15, 0.2) is 47.4 Å². The summed E-state index contributed by atoms with van der Waals surface area (Å²) in [5, 5.41) is 2.66. The molecule has 0 radical (unpaired) electrons. The maximum atomic E-state index is 12.3. The highest BCUT2D eigenvalue weighted by atomic mass is 32.2. The fourth-order valence-corrected chi connectivity index (χ4v) is 3.56. The normalized spacial score (nSPS) is 10.6. The molecule has 0 heterocycles. The lowest BCUT2D eigenvalue weighted by Crippen LogP contribution is -2.24. The Bertz CT molecular complexity index is 989. The number of carbonyl (C=O) groups is 1. The molecule has 0 aliphatic heterocycles. The van der Waals surface area contributed by atoms with E-state index in [1.807, 2.05) is 13.0 Å². The van der Waals surface area contributed by atoms with Crippen LogP contribution in [0.2, 0.25) is 0 Å². The van der Waals surface area contributed by atoms with Crippen molar-refractivity contribution in [2.24, 2.45) is 0 Å². The highest BCUT2D eigenvalue weighted by molar-refractivity contribution is 7.89. The summed E-state index contributed by atoms with van der Waals surface area (Å²) in [6, 6.07) is 12.2. The molecule has 0 spiro atoms. The summed E-state index contributed by atoms with van der Waals surface area (Å²) >= 11 is 0. The van der Waals surface area contributed by atoms with Crippen molar-refractivity contribution in [2.75, 3.05) is 18.5 Å². The number of aryl methyl sites for hydroxylation is 2. The third-order valence-electron chi connectivity index (χ3n) is 3.57. The van der Waals surface area contributed by atoms with Crippen molar-refractivity contribution in [1.82, 2.24) is 4.72 Å². The van der Waals surface area contributed by atoms with Crippen LogP contribution >= 0.6 is 0 Å². The van der Waals surface area contributed by atoms with Crippen LogP contribution in [0, 0.1) is 25.7 Å². The third kappa shape index (κ3) is 6.44. The first-order chi connectivity index (χ1) is 12.8. The molecule has 0 aliphatic carbocycles. The molecule has 0 fully saturated rings. The Balaban J connectivity index is 1.87. The highest BCUT2D eigenvalue weighted by Gasteiger charge is 2.15. The highest BCUT2D eigenvalue weighted by Crippen LogP contribution is 2.17. The van der Waals surface area contributed by atoms with E-state index in [4.69, 9.17) is 4.74 Å². The van der Waals surface area contributed by atoms with Crippen molar-refractivity contribution in [2.45, 2.75) is 25.7 Å². The molecule has 0 saturated carbocycles. The Kier molecular flexibility index (Phi) is 6.99. The number of carbonyl (C=O) groups excluding carboxylic acids is 1. The minimum atomic E-state index is -3.60. The number of ether oxygens (including phenoxy) is 1. The van der Waals surface area contributed by atoms with Gasteiger partial charge < -0.3 is 10.1 Å². The van der Waals surface area contributed by atoms with Crippen molar-refractivity contribution < 1.29 is 17.9 Å². The molecule has 0 aliphatic rings. The number of rotatable bonds is 6. The first kappa shape index (κ1) is 20.5. The van der Waals surface area contributed by atoms with E-state index in [0.29, 0.717) is 17.0 Å². The molecule has 0 saturated heterocycles. The molecule has 27 heavy (non-hydrogen) atoms. The van der Waals surface area contributed by atoms with Gasteiger partial charge in [-0.2, -0.15) is 4.72 Å². The first-order valence-corrected chi connectivity index (χ1v) is 9.79. The van der Waals surface area contributed by atoms with E-state index >= 15 is 0 Å². The van der Waals surface area contributed by atoms with Gasteiger partial charge in [0.25, 0.3) is 0 Å². The Morgan fingerprint density at radius 3 is 2.63 bits per heavy atom. The van der Waals surface area contributed by atoms with E-state index in [1.54, 1.807) is 43.3 Å². The molecule has 6 nitrogen and oxygen atoms in total. The molecule has 2 rings (SSSR count). The summed E-state index contributed by atoms with van der Waals surface area (Å²) in [5.74, 6) is 5.88. The number of nitrogens with one attached hydrogen (secondary N) is 2. The zero-order valence-corrected chi connectivity index (χ0v) is 16.3. The summed E-state index contributed by atoms with van der Waals surface area (Å²) in [7, 11) is -3.60. The Morgan fingerprint density at radius 1 is 1.11 bits per heavy atom. The molecular weight excluding hydrogens is 364 g/mol. The molecule has 7 heteroatoms. The average molecular weight is 386 g/mol. The predicted octanol–water partition coefficient (Wildman–Crippen LogP) is 2.62. The van der Waals surface area contributed by atoms with Gasteiger partial charge in [-0.1, -0.05) is 30.0 Å². The van der Waals surface area contributed by atoms with Gasteiger partial charge in [0, 0.05) is 18.7 Å². The molecule has 0 unspecified atom stereocenters. The second-order valence-corrected chi connectivity index (χ2v) is 7.68. The number of anilines is 1. The van der Waals surface area contributed by atoms with Crippen LogP contribution in [-0.2, 0) is 14.8 Å². The second-order valence-electron chi connectivity index (χ2n) is 5.94. The fraction of sp³-hybridized carbons (Fsp3) is 0.250. The molecule has 0 aromatic heterocycles. The molecule has 2 aromatic rings. The van der Waals surface area contributed by atoms with Gasteiger partial charge in [0.05, 0.1) is 11.4 Å². The van der Waals surface area contributed by atoms with Crippen LogP contribution in [0.5, 0.6) is 5.75 Å². The predicted molar refractivity (Wildman–Crippen MR) is 105 cm³/mol. The number of benzene rings is 2. The Morgan fingerprint density at radius 2 is 1.89 bits per heavy atom. The van der Waals surface area contributed by atoms with Gasteiger partial charge in [-0.3, -0.25) is 4.79 Å². The summed E-state index contributed by atoms with van der Waals surface area (Å²) in [6.45, 7) is 5.12.